The van der Waals surface area contributed by atoms with Crippen LogP contribution in [-0.2, 0) is 9.47 Å². The molecule has 10 heteroatoms. The van der Waals surface area contributed by atoms with Gasteiger partial charge >= 0.3 is 5.63 Å². The summed E-state index contributed by atoms with van der Waals surface area (Å²) >= 11 is 0. The molecule has 220 valence electrons. The Morgan fingerprint density at radius 2 is 1.77 bits per heavy atom. The van der Waals surface area contributed by atoms with E-state index in [0.29, 0.717) is 37.2 Å². The van der Waals surface area contributed by atoms with Crippen molar-refractivity contribution in [3.05, 3.63) is 52.9 Å². The quantitative estimate of drug-likeness (QED) is 0.260. The maximum atomic E-state index is 11.7. The van der Waals surface area contributed by atoms with Crippen molar-refractivity contribution in [1.82, 2.24) is 0 Å². The molecule has 10 atom stereocenters. The van der Waals surface area contributed by atoms with Gasteiger partial charge in [0.2, 0.25) is 0 Å². The number of aliphatic hydroxyl groups is 5. The van der Waals surface area contributed by atoms with Crippen LogP contribution in [0.25, 0.3) is 11.0 Å². The Morgan fingerprint density at radius 3 is 2.50 bits per heavy atom. The highest BCUT2D eigenvalue weighted by atomic mass is 16.7. The second-order valence-corrected chi connectivity index (χ2v) is 12.4. The molecule has 1 aliphatic heterocycles. The summed E-state index contributed by atoms with van der Waals surface area (Å²) < 4.78 is 23.6. The molecule has 1 aromatic heterocycles. The summed E-state index contributed by atoms with van der Waals surface area (Å²) in [5.41, 5.74) is -0.120. The van der Waals surface area contributed by atoms with Gasteiger partial charge in [-0.15, -0.1) is 0 Å². The third-order valence-electron chi connectivity index (χ3n) is 9.62. The molecule has 2 saturated carbocycles. The van der Waals surface area contributed by atoms with Crippen molar-refractivity contribution in [3.8, 4) is 5.75 Å². The normalized spacial score (nSPS) is 39.6. The summed E-state index contributed by atoms with van der Waals surface area (Å²) in [6, 6.07) is 8.43. The third kappa shape index (κ3) is 5.00. The second-order valence-electron chi connectivity index (χ2n) is 12.4. The maximum Gasteiger partial charge on any atom is 0.336 e. The van der Waals surface area contributed by atoms with E-state index < -0.39 is 66.0 Å². The van der Waals surface area contributed by atoms with E-state index in [1.54, 1.807) is 12.1 Å². The number of fused-ring (bicyclic) bond motifs is 2. The molecule has 2 aliphatic carbocycles. The molecule has 5 rings (SSSR count). The van der Waals surface area contributed by atoms with Gasteiger partial charge in [-0.05, 0) is 54.2 Å². The molecule has 0 radical (unpaired) electrons. The number of benzene rings is 1. The first-order valence-electron chi connectivity index (χ1n) is 13.8. The Balaban J connectivity index is 1.41. The molecule has 0 bridgehead atoms. The summed E-state index contributed by atoms with van der Waals surface area (Å²) in [6.45, 7) is 10.3. The highest BCUT2D eigenvalue weighted by molar-refractivity contribution is 5.77. The summed E-state index contributed by atoms with van der Waals surface area (Å²) in [5.74, 6) is 0.242. The summed E-state index contributed by atoms with van der Waals surface area (Å²) in [6.07, 6.45) is -6.40. The molecule has 1 aromatic carbocycles. The molecule has 5 N–H and O–H groups in total. The van der Waals surface area contributed by atoms with E-state index in [0.717, 1.165) is 11.0 Å². The van der Waals surface area contributed by atoms with Gasteiger partial charge in [-0.3, -0.25) is 0 Å². The lowest BCUT2D eigenvalue weighted by Crippen LogP contribution is -2.64. The summed E-state index contributed by atoms with van der Waals surface area (Å²) in [5, 5.41) is 52.6. The largest absolute Gasteiger partial charge is 0.493 e. The molecule has 3 fully saturated rings. The van der Waals surface area contributed by atoms with Gasteiger partial charge in [-0.1, -0.05) is 32.9 Å². The Morgan fingerprint density at radius 1 is 1.05 bits per heavy atom. The van der Waals surface area contributed by atoms with Crippen molar-refractivity contribution >= 4 is 11.0 Å². The first-order valence-corrected chi connectivity index (χ1v) is 13.8. The predicted octanol–water partition coefficient (Wildman–Crippen LogP) is 1.74. The minimum atomic E-state index is -1.55. The number of hydrogen-bond acceptors (Lipinski definition) is 10. The van der Waals surface area contributed by atoms with Crippen molar-refractivity contribution in [1.29, 1.82) is 0 Å². The smallest absolute Gasteiger partial charge is 0.336 e. The van der Waals surface area contributed by atoms with Crippen LogP contribution in [0.15, 0.2) is 51.7 Å². The highest BCUT2D eigenvalue weighted by Crippen LogP contribution is 2.61. The maximum absolute atomic E-state index is 11.7. The fourth-order valence-corrected chi connectivity index (χ4v) is 7.41. The molecule has 2 aromatic rings. The van der Waals surface area contributed by atoms with Crippen LogP contribution in [0.2, 0.25) is 0 Å². The topological polar surface area (TPSA) is 159 Å². The van der Waals surface area contributed by atoms with Crippen LogP contribution in [0.3, 0.4) is 0 Å². The van der Waals surface area contributed by atoms with Crippen molar-refractivity contribution in [2.45, 2.75) is 82.9 Å². The van der Waals surface area contributed by atoms with Gasteiger partial charge in [0.05, 0.1) is 25.4 Å². The van der Waals surface area contributed by atoms with Gasteiger partial charge in [0, 0.05) is 23.4 Å². The van der Waals surface area contributed by atoms with Crippen molar-refractivity contribution < 1.29 is 44.2 Å². The molecular formula is C30H40O10. The van der Waals surface area contributed by atoms with E-state index in [1.807, 2.05) is 26.0 Å². The first-order chi connectivity index (χ1) is 18.9. The van der Waals surface area contributed by atoms with Crippen LogP contribution in [0.1, 0.15) is 40.0 Å². The Hall–Kier alpha value is -2.31. The summed E-state index contributed by atoms with van der Waals surface area (Å²) in [7, 11) is 0. The lowest BCUT2D eigenvalue weighted by atomic mass is 9.46. The lowest BCUT2D eigenvalue weighted by Gasteiger charge is -2.61. The van der Waals surface area contributed by atoms with E-state index in [-0.39, 0.29) is 11.8 Å². The van der Waals surface area contributed by atoms with E-state index >= 15 is 0 Å². The first kappa shape index (κ1) is 29.2. The number of hydrogen-bond donors (Lipinski definition) is 5. The molecule has 1 saturated heterocycles. The fourth-order valence-electron chi connectivity index (χ4n) is 7.41. The zero-order valence-corrected chi connectivity index (χ0v) is 23.1. The predicted molar refractivity (Wildman–Crippen MR) is 144 cm³/mol. The average molecular weight is 561 g/mol. The molecular weight excluding hydrogens is 520 g/mol. The SMILES string of the molecule is C=C1C[C@@H](O[C@@H]2O[C@H](CO)[C@@H](O)[C@H](O)[C@H]2O)[C@@H]2C(C)(C)[C@@H](O)CC[C@@]2(C)[C@@H]1COc1ccc2ccc(=O)oc2c1. The summed E-state index contributed by atoms with van der Waals surface area (Å²) in [4.78, 5) is 11.7. The van der Waals surface area contributed by atoms with Gasteiger partial charge < -0.3 is 44.2 Å². The second kappa shape index (κ2) is 10.8. The van der Waals surface area contributed by atoms with E-state index in [9.17, 15) is 30.3 Å². The van der Waals surface area contributed by atoms with Gasteiger partial charge in [0.1, 0.15) is 35.7 Å². The Labute approximate surface area is 232 Å². The van der Waals surface area contributed by atoms with Crippen LogP contribution in [0.4, 0.5) is 0 Å². The minimum Gasteiger partial charge on any atom is -0.493 e. The lowest BCUT2D eigenvalue weighted by molar-refractivity contribution is -0.327. The van der Waals surface area contributed by atoms with Crippen LogP contribution < -0.4 is 10.4 Å². The molecule has 0 spiro atoms. The number of ether oxygens (including phenoxy) is 3. The molecule has 0 unspecified atom stereocenters. The van der Waals surface area contributed by atoms with Gasteiger partial charge in [0.15, 0.2) is 6.29 Å². The van der Waals surface area contributed by atoms with Crippen molar-refractivity contribution in [2.24, 2.45) is 22.7 Å². The van der Waals surface area contributed by atoms with Gasteiger partial charge in [-0.25, -0.2) is 4.79 Å². The fraction of sp³-hybridized carbons (Fsp3) is 0.633. The van der Waals surface area contributed by atoms with E-state index in [1.165, 1.54) is 6.07 Å². The standard InChI is InChI=1S/C30H40O10/c1-15-11-20(39-28-26(36)25(35)24(34)21(13-31)40-28)27-29(2,3)22(32)9-10-30(27,4)18(15)14-37-17-7-5-16-6-8-23(33)38-19(16)12-17/h5-8,12,18,20-22,24-28,31-32,34-36H,1,9-11,13-14H2,2-4H3/t18-,20-,21-,22+,24-,25+,26-,27-,28-,30+/m1/s1. The van der Waals surface area contributed by atoms with Gasteiger partial charge in [-0.2, -0.15) is 0 Å². The van der Waals surface area contributed by atoms with Gasteiger partial charge in [0.25, 0.3) is 0 Å². The van der Waals surface area contributed by atoms with Crippen molar-refractivity contribution in [2.75, 3.05) is 13.2 Å². The molecule has 0 amide bonds. The molecule has 3 aliphatic rings. The van der Waals surface area contributed by atoms with Crippen LogP contribution >= 0.6 is 0 Å². The minimum absolute atomic E-state index is 0.0996. The van der Waals surface area contributed by atoms with E-state index in [4.69, 9.17) is 18.6 Å². The number of aliphatic hydroxyl groups excluding tert-OH is 5. The van der Waals surface area contributed by atoms with Crippen LogP contribution in [0, 0.1) is 22.7 Å². The zero-order chi connectivity index (χ0) is 29.0. The van der Waals surface area contributed by atoms with E-state index in [2.05, 4.69) is 13.5 Å². The average Bonchev–Trinajstić information content (AvgIpc) is 2.90. The molecule has 2 heterocycles. The Kier molecular flexibility index (Phi) is 7.90. The number of rotatable bonds is 6. The molecule has 40 heavy (non-hydrogen) atoms. The highest BCUT2D eigenvalue weighted by Gasteiger charge is 2.61. The zero-order valence-electron chi connectivity index (χ0n) is 23.1. The third-order valence-corrected chi connectivity index (χ3v) is 9.62. The van der Waals surface area contributed by atoms with Crippen LogP contribution in [0.5, 0.6) is 5.75 Å². The Bertz CT molecular complexity index is 1290. The molecule has 10 nitrogen and oxygen atoms in total. The van der Waals surface area contributed by atoms with Crippen LogP contribution in [-0.4, -0.2) is 81.7 Å². The van der Waals surface area contributed by atoms with Crippen molar-refractivity contribution in [3.63, 3.8) is 0 Å². The monoisotopic (exact) mass is 560 g/mol.